The summed E-state index contributed by atoms with van der Waals surface area (Å²) in [6.45, 7) is 5.47. The number of carbonyl (C=O) groups is 2. The molecule has 0 radical (unpaired) electrons. The lowest BCUT2D eigenvalue weighted by Crippen LogP contribution is -2.24. The molecule has 1 aromatic rings. The summed E-state index contributed by atoms with van der Waals surface area (Å²) in [7, 11) is 0. The van der Waals surface area contributed by atoms with E-state index in [1.165, 1.54) is 6.92 Å². The summed E-state index contributed by atoms with van der Waals surface area (Å²) in [4.78, 5) is 22.6. The van der Waals surface area contributed by atoms with Crippen LogP contribution in [-0.2, 0) is 0 Å². The summed E-state index contributed by atoms with van der Waals surface area (Å²) in [6.07, 6.45) is 2.58. The molecule has 1 rings (SSSR count). The molecule has 1 aromatic carbocycles. The van der Waals surface area contributed by atoms with Crippen molar-refractivity contribution >= 4 is 17.5 Å². The van der Waals surface area contributed by atoms with E-state index in [0.29, 0.717) is 11.3 Å². The lowest BCUT2D eigenvalue weighted by Gasteiger charge is -2.05. The predicted octanol–water partition coefficient (Wildman–Crippen LogP) is 3.32. The molecule has 0 fully saturated rings. The Hall–Kier alpha value is -2.10. The van der Waals surface area contributed by atoms with Crippen molar-refractivity contribution in [2.24, 2.45) is 0 Å². The van der Waals surface area contributed by atoms with Gasteiger partial charge in [0.15, 0.2) is 5.78 Å². The molecule has 4 nitrogen and oxygen atoms in total. The zero-order chi connectivity index (χ0) is 13.5. The van der Waals surface area contributed by atoms with Crippen molar-refractivity contribution in [2.45, 2.75) is 27.2 Å². The third-order valence-corrected chi connectivity index (χ3v) is 2.56. The Kier molecular flexibility index (Phi) is 5.11. The Bertz CT molecular complexity index is 461. The Morgan fingerprint density at radius 1 is 1.17 bits per heavy atom. The number of ketones is 1. The molecule has 2 amide bonds. The molecule has 0 atom stereocenters. The van der Waals surface area contributed by atoms with Gasteiger partial charge in [0.05, 0.1) is 0 Å². The highest BCUT2D eigenvalue weighted by molar-refractivity contribution is 5.95. The first kappa shape index (κ1) is 14.0. The highest BCUT2D eigenvalue weighted by atomic mass is 16.2. The average molecular weight is 246 g/mol. The van der Waals surface area contributed by atoms with Gasteiger partial charge in [0.25, 0.3) is 0 Å². The van der Waals surface area contributed by atoms with Crippen molar-refractivity contribution in [3.05, 3.63) is 41.6 Å². The van der Waals surface area contributed by atoms with Gasteiger partial charge in [0, 0.05) is 17.5 Å². The second-order valence-electron chi connectivity index (χ2n) is 4.08. The minimum atomic E-state index is -0.293. The van der Waals surface area contributed by atoms with E-state index in [2.05, 4.69) is 10.6 Å². The highest BCUT2D eigenvalue weighted by Crippen LogP contribution is 2.09. The van der Waals surface area contributed by atoms with Gasteiger partial charge in [-0.05, 0) is 44.5 Å². The number of anilines is 1. The number of amides is 2. The molecule has 18 heavy (non-hydrogen) atoms. The predicted molar refractivity (Wildman–Crippen MR) is 72.6 cm³/mol. The lowest BCUT2D eigenvalue weighted by molar-refractivity contribution is 0.101. The quantitative estimate of drug-likeness (QED) is 0.800. The number of benzene rings is 1. The minimum absolute atomic E-state index is 0.00695. The first-order valence-electron chi connectivity index (χ1n) is 5.87. The Labute approximate surface area is 107 Å². The molecule has 0 aliphatic rings. The smallest absolute Gasteiger partial charge is 0.314 e. The lowest BCUT2D eigenvalue weighted by atomic mass is 10.1. The van der Waals surface area contributed by atoms with E-state index >= 15 is 0 Å². The summed E-state index contributed by atoms with van der Waals surface area (Å²) < 4.78 is 0. The monoisotopic (exact) mass is 246 g/mol. The van der Waals surface area contributed by atoms with Crippen molar-refractivity contribution in [2.75, 3.05) is 5.32 Å². The Morgan fingerprint density at radius 3 is 2.28 bits per heavy atom. The zero-order valence-electron chi connectivity index (χ0n) is 10.9. The van der Waals surface area contributed by atoms with Gasteiger partial charge in [0.1, 0.15) is 0 Å². The number of carbonyl (C=O) groups excluding carboxylic acids is 2. The Balaban J connectivity index is 2.57. The van der Waals surface area contributed by atoms with Crippen molar-refractivity contribution in [1.82, 2.24) is 5.32 Å². The molecule has 0 spiro atoms. The van der Waals surface area contributed by atoms with E-state index < -0.39 is 0 Å². The summed E-state index contributed by atoms with van der Waals surface area (Å²) >= 11 is 0. The van der Waals surface area contributed by atoms with Gasteiger partial charge in [-0.15, -0.1) is 0 Å². The van der Waals surface area contributed by atoms with Gasteiger partial charge < -0.3 is 10.6 Å². The van der Waals surface area contributed by atoms with Gasteiger partial charge in [-0.2, -0.15) is 0 Å². The van der Waals surface area contributed by atoms with Gasteiger partial charge in [-0.1, -0.05) is 12.5 Å². The summed E-state index contributed by atoms with van der Waals surface area (Å²) in [6, 6.07) is 6.48. The molecule has 2 N–H and O–H groups in total. The standard InChI is InChI=1S/C14H18N2O2/c1-4-10(2)9-15-14(18)16-13-7-5-12(6-8-13)11(3)17/h5-9H,4H2,1-3H3,(H2,15,16,18)/b10-9+. The zero-order valence-corrected chi connectivity index (χ0v) is 10.9. The summed E-state index contributed by atoms with van der Waals surface area (Å²) in [5, 5.41) is 5.32. The molecule has 0 aliphatic heterocycles. The maximum absolute atomic E-state index is 11.5. The van der Waals surface area contributed by atoms with E-state index in [9.17, 15) is 9.59 Å². The Morgan fingerprint density at radius 2 is 1.78 bits per heavy atom. The van der Waals surface area contributed by atoms with Crippen LogP contribution in [0, 0.1) is 0 Å². The van der Waals surface area contributed by atoms with Crippen molar-refractivity contribution in [3.8, 4) is 0 Å². The molecule has 0 heterocycles. The molecule has 0 bridgehead atoms. The van der Waals surface area contributed by atoms with Crippen LogP contribution >= 0.6 is 0 Å². The van der Waals surface area contributed by atoms with Crippen LogP contribution in [0.5, 0.6) is 0 Å². The largest absolute Gasteiger partial charge is 0.323 e. The molecule has 0 saturated heterocycles. The second-order valence-corrected chi connectivity index (χ2v) is 4.08. The van der Waals surface area contributed by atoms with E-state index in [0.717, 1.165) is 12.0 Å². The highest BCUT2D eigenvalue weighted by Gasteiger charge is 2.01. The fraction of sp³-hybridized carbons (Fsp3) is 0.286. The number of nitrogens with one attached hydrogen (secondary N) is 2. The maximum Gasteiger partial charge on any atom is 0.323 e. The third-order valence-electron chi connectivity index (χ3n) is 2.56. The average Bonchev–Trinajstić information content (AvgIpc) is 2.36. The molecule has 4 heteroatoms. The van der Waals surface area contributed by atoms with Gasteiger partial charge in [-0.25, -0.2) is 4.79 Å². The number of Topliss-reactive ketones (excluding diaryl/α,β-unsaturated/α-hetero) is 1. The van der Waals surface area contributed by atoms with E-state index in [1.54, 1.807) is 30.5 Å². The summed E-state index contributed by atoms with van der Waals surface area (Å²) in [5.74, 6) is 0.00695. The molecule has 96 valence electrons. The molecule has 0 aromatic heterocycles. The van der Waals surface area contributed by atoms with Crippen LogP contribution in [0.25, 0.3) is 0 Å². The minimum Gasteiger partial charge on any atom is -0.314 e. The number of allylic oxidation sites excluding steroid dienone is 1. The van der Waals surface area contributed by atoms with Crippen LogP contribution in [0.1, 0.15) is 37.6 Å². The molecule has 0 saturated carbocycles. The molecular weight excluding hydrogens is 228 g/mol. The number of hydrogen-bond donors (Lipinski definition) is 2. The first-order valence-corrected chi connectivity index (χ1v) is 5.87. The molecule has 0 unspecified atom stereocenters. The van der Waals surface area contributed by atoms with Crippen LogP contribution in [0.15, 0.2) is 36.0 Å². The van der Waals surface area contributed by atoms with Crippen LogP contribution in [0.4, 0.5) is 10.5 Å². The second kappa shape index (κ2) is 6.59. The van der Waals surface area contributed by atoms with Crippen LogP contribution < -0.4 is 10.6 Å². The topological polar surface area (TPSA) is 58.2 Å². The van der Waals surface area contributed by atoms with Crippen molar-refractivity contribution in [3.63, 3.8) is 0 Å². The van der Waals surface area contributed by atoms with Crippen molar-refractivity contribution in [1.29, 1.82) is 0 Å². The van der Waals surface area contributed by atoms with Crippen LogP contribution in [0.3, 0.4) is 0 Å². The fourth-order valence-corrected chi connectivity index (χ4v) is 1.25. The number of urea groups is 1. The van der Waals surface area contributed by atoms with E-state index in [1.807, 2.05) is 13.8 Å². The van der Waals surface area contributed by atoms with Crippen LogP contribution in [0.2, 0.25) is 0 Å². The summed E-state index contributed by atoms with van der Waals surface area (Å²) in [5.41, 5.74) is 2.37. The van der Waals surface area contributed by atoms with Gasteiger partial charge in [-0.3, -0.25) is 4.79 Å². The number of hydrogen-bond acceptors (Lipinski definition) is 2. The van der Waals surface area contributed by atoms with Gasteiger partial charge >= 0.3 is 6.03 Å². The molecule has 0 aliphatic carbocycles. The normalized spacial score (nSPS) is 10.9. The maximum atomic E-state index is 11.5. The van der Waals surface area contributed by atoms with E-state index in [4.69, 9.17) is 0 Å². The number of rotatable bonds is 4. The van der Waals surface area contributed by atoms with Crippen molar-refractivity contribution < 1.29 is 9.59 Å². The fourth-order valence-electron chi connectivity index (χ4n) is 1.25. The van der Waals surface area contributed by atoms with E-state index in [-0.39, 0.29) is 11.8 Å². The van der Waals surface area contributed by atoms with Crippen LogP contribution in [-0.4, -0.2) is 11.8 Å². The van der Waals surface area contributed by atoms with Gasteiger partial charge in [0.2, 0.25) is 0 Å². The SMILES string of the molecule is CC/C(C)=C/NC(=O)Nc1ccc(C(C)=O)cc1. The first-order chi connectivity index (χ1) is 8.52. The molecular formula is C14H18N2O2. The third kappa shape index (κ3) is 4.41.